The first-order chi connectivity index (χ1) is 13.2. The highest BCUT2D eigenvalue weighted by atomic mass is 15.3. The maximum Gasteiger partial charge on any atom is 0.163 e. The highest BCUT2D eigenvalue weighted by molar-refractivity contribution is 5.87. The Morgan fingerprint density at radius 3 is 2.59 bits per heavy atom. The first kappa shape index (κ1) is 16.7. The van der Waals surface area contributed by atoms with Crippen LogP contribution >= 0.6 is 0 Å². The van der Waals surface area contributed by atoms with Crippen LogP contribution in [0, 0.1) is 6.92 Å². The fourth-order valence-electron chi connectivity index (χ4n) is 4.63. The second-order valence-corrected chi connectivity index (χ2v) is 7.81. The van der Waals surface area contributed by atoms with Crippen LogP contribution in [0.4, 0.5) is 5.82 Å². The zero-order valence-electron chi connectivity index (χ0n) is 16.1. The highest BCUT2D eigenvalue weighted by Gasteiger charge is 2.28. The zero-order valence-corrected chi connectivity index (χ0v) is 16.1. The topological polar surface area (TPSA) is 50.1 Å². The van der Waals surface area contributed by atoms with Gasteiger partial charge in [-0.3, -0.25) is 9.58 Å². The molecule has 1 fully saturated rings. The Morgan fingerprint density at radius 1 is 1.00 bits per heavy atom. The van der Waals surface area contributed by atoms with E-state index in [4.69, 9.17) is 4.98 Å². The summed E-state index contributed by atoms with van der Waals surface area (Å²) in [6.07, 6.45) is 5.45. The van der Waals surface area contributed by atoms with Crippen molar-refractivity contribution in [3.8, 4) is 0 Å². The fraction of sp³-hybridized carbons (Fsp3) is 0.476. The second-order valence-electron chi connectivity index (χ2n) is 7.81. The molecule has 0 amide bonds. The Hall–Kier alpha value is -2.47. The minimum atomic E-state index is 0.668. The molecule has 6 heteroatoms. The predicted octanol–water partition coefficient (Wildman–Crippen LogP) is 2.70. The summed E-state index contributed by atoms with van der Waals surface area (Å²) in [4.78, 5) is 14.4. The van der Waals surface area contributed by atoms with Crippen LogP contribution in [0.25, 0.3) is 11.0 Å². The van der Waals surface area contributed by atoms with Crippen LogP contribution in [0.1, 0.15) is 29.8 Å². The van der Waals surface area contributed by atoms with Crippen LogP contribution in [-0.4, -0.2) is 50.3 Å². The summed E-state index contributed by atoms with van der Waals surface area (Å²) < 4.78 is 1.84. The third-order valence-electron chi connectivity index (χ3n) is 6.12. The molecule has 0 aliphatic carbocycles. The number of rotatable bonds is 2. The van der Waals surface area contributed by atoms with E-state index in [0.717, 1.165) is 42.3 Å². The molecule has 27 heavy (non-hydrogen) atoms. The van der Waals surface area contributed by atoms with Gasteiger partial charge < -0.3 is 4.90 Å². The molecule has 2 aromatic heterocycles. The summed E-state index contributed by atoms with van der Waals surface area (Å²) in [5, 5.41) is 5.44. The first-order valence-electron chi connectivity index (χ1n) is 9.91. The fourth-order valence-corrected chi connectivity index (χ4v) is 4.63. The molecule has 0 unspecified atom stereocenters. The van der Waals surface area contributed by atoms with E-state index in [-0.39, 0.29) is 0 Å². The highest BCUT2D eigenvalue weighted by Crippen LogP contribution is 2.29. The zero-order chi connectivity index (χ0) is 18.4. The van der Waals surface area contributed by atoms with Crippen molar-refractivity contribution in [3.63, 3.8) is 0 Å². The van der Waals surface area contributed by atoms with Crippen LogP contribution in [0.2, 0.25) is 0 Å². The van der Waals surface area contributed by atoms with Gasteiger partial charge in [-0.05, 0) is 37.3 Å². The maximum atomic E-state index is 4.75. The van der Waals surface area contributed by atoms with Gasteiger partial charge in [-0.2, -0.15) is 5.10 Å². The standard InChI is InChI=1S/C21H26N6/c1-15-23-20-19(13-22-25(20)2)21(24-15)26-11-8-18(9-12-26)27-10-7-16-5-3-4-6-17(16)14-27/h3-6,13,18H,7-12,14H2,1-2H3. The van der Waals surface area contributed by atoms with Crippen molar-refractivity contribution in [1.29, 1.82) is 0 Å². The normalized spacial score (nSPS) is 18.8. The second kappa shape index (κ2) is 6.60. The van der Waals surface area contributed by atoms with Crippen molar-refractivity contribution >= 4 is 16.9 Å². The molecule has 4 heterocycles. The van der Waals surface area contributed by atoms with E-state index >= 15 is 0 Å². The molecule has 0 atom stereocenters. The van der Waals surface area contributed by atoms with Gasteiger partial charge in [0.1, 0.15) is 11.6 Å². The molecule has 3 aromatic rings. The lowest BCUT2D eigenvalue weighted by Crippen LogP contribution is -2.46. The number of hydrogen-bond acceptors (Lipinski definition) is 5. The molecule has 140 valence electrons. The van der Waals surface area contributed by atoms with Crippen molar-refractivity contribution in [2.75, 3.05) is 24.5 Å². The molecular weight excluding hydrogens is 336 g/mol. The van der Waals surface area contributed by atoms with E-state index in [1.165, 1.54) is 36.9 Å². The van der Waals surface area contributed by atoms with Crippen molar-refractivity contribution in [3.05, 3.63) is 47.4 Å². The lowest BCUT2D eigenvalue weighted by atomic mass is 9.95. The average Bonchev–Trinajstić information content (AvgIpc) is 3.08. The van der Waals surface area contributed by atoms with Crippen molar-refractivity contribution in [2.45, 2.75) is 38.8 Å². The molecule has 6 nitrogen and oxygen atoms in total. The van der Waals surface area contributed by atoms with Crippen LogP contribution in [0.15, 0.2) is 30.5 Å². The number of hydrogen-bond donors (Lipinski definition) is 0. The van der Waals surface area contributed by atoms with E-state index in [9.17, 15) is 0 Å². The van der Waals surface area contributed by atoms with Gasteiger partial charge in [0, 0.05) is 39.3 Å². The number of benzene rings is 1. The number of aromatic nitrogens is 4. The molecule has 0 N–H and O–H groups in total. The Bertz CT molecular complexity index is 970. The number of anilines is 1. The van der Waals surface area contributed by atoms with E-state index in [1.54, 1.807) is 0 Å². The lowest BCUT2D eigenvalue weighted by Gasteiger charge is -2.41. The lowest BCUT2D eigenvalue weighted by molar-refractivity contribution is 0.153. The van der Waals surface area contributed by atoms with Crippen molar-refractivity contribution in [2.24, 2.45) is 7.05 Å². The first-order valence-corrected chi connectivity index (χ1v) is 9.91. The Balaban J connectivity index is 1.31. The molecule has 2 aliphatic heterocycles. The van der Waals surface area contributed by atoms with E-state index in [2.05, 4.69) is 44.1 Å². The summed E-state index contributed by atoms with van der Waals surface area (Å²) in [5.74, 6) is 1.86. The predicted molar refractivity (Wildman–Crippen MR) is 107 cm³/mol. The van der Waals surface area contributed by atoms with E-state index in [1.807, 2.05) is 24.9 Å². The molecule has 0 spiro atoms. The summed E-state index contributed by atoms with van der Waals surface area (Å²) >= 11 is 0. The van der Waals surface area contributed by atoms with Crippen molar-refractivity contribution in [1.82, 2.24) is 24.6 Å². The monoisotopic (exact) mass is 362 g/mol. The minimum absolute atomic E-state index is 0.668. The molecule has 0 bridgehead atoms. The van der Waals surface area contributed by atoms with Gasteiger partial charge in [-0.15, -0.1) is 0 Å². The molecule has 5 rings (SSSR count). The molecule has 1 aromatic carbocycles. The molecular formula is C21H26N6. The van der Waals surface area contributed by atoms with Crippen LogP contribution in [0.5, 0.6) is 0 Å². The van der Waals surface area contributed by atoms with E-state index < -0.39 is 0 Å². The average molecular weight is 362 g/mol. The van der Waals surface area contributed by atoms with Gasteiger partial charge in [-0.25, -0.2) is 9.97 Å². The van der Waals surface area contributed by atoms with Gasteiger partial charge >= 0.3 is 0 Å². The van der Waals surface area contributed by atoms with Gasteiger partial charge in [0.2, 0.25) is 0 Å². The Kier molecular flexibility index (Phi) is 4.08. The Morgan fingerprint density at radius 2 is 1.78 bits per heavy atom. The number of aryl methyl sites for hydroxylation is 2. The van der Waals surface area contributed by atoms with Crippen LogP contribution in [-0.2, 0) is 20.0 Å². The number of fused-ring (bicyclic) bond motifs is 2. The van der Waals surface area contributed by atoms with Crippen LogP contribution < -0.4 is 4.90 Å². The van der Waals surface area contributed by atoms with Crippen molar-refractivity contribution < 1.29 is 0 Å². The number of piperidine rings is 1. The minimum Gasteiger partial charge on any atom is -0.356 e. The van der Waals surface area contributed by atoms with E-state index in [0.29, 0.717) is 6.04 Å². The van der Waals surface area contributed by atoms with Gasteiger partial charge in [0.15, 0.2) is 5.65 Å². The summed E-state index contributed by atoms with van der Waals surface area (Å²) in [6, 6.07) is 9.57. The third-order valence-corrected chi connectivity index (χ3v) is 6.12. The number of nitrogens with zero attached hydrogens (tertiary/aromatic N) is 6. The molecule has 0 saturated carbocycles. The third kappa shape index (κ3) is 2.98. The summed E-state index contributed by atoms with van der Waals surface area (Å²) in [6.45, 7) is 6.34. The summed E-state index contributed by atoms with van der Waals surface area (Å²) in [5.41, 5.74) is 3.96. The SMILES string of the molecule is Cc1nc(N2CCC(N3CCc4ccccc4C3)CC2)c2cnn(C)c2n1. The smallest absolute Gasteiger partial charge is 0.163 e. The quantitative estimate of drug-likeness (QED) is 0.702. The van der Waals surface area contributed by atoms with Crippen LogP contribution in [0.3, 0.4) is 0 Å². The molecule has 1 saturated heterocycles. The maximum absolute atomic E-state index is 4.75. The van der Waals surface area contributed by atoms with Gasteiger partial charge in [0.05, 0.1) is 11.6 Å². The largest absolute Gasteiger partial charge is 0.356 e. The summed E-state index contributed by atoms with van der Waals surface area (Å²) in [7, 11) is 1.94. The van der Waals surface area contributed by atoms with Gasteiger partial charge in [0.25, 0.3) is 0 Å². The molecule has 0 radical (unpaired) electrons. The Labute approximate surface area is 159 Å². The molecule has 2 aliphatic rings. The van der Waals surface area contributed by atoms with Gasteiger partial charge in [-0.1, -0.05) is 24.3 Å².